The van der Waals surface area contributed by atoms with Crippen LogP contribution in [0.25, 0.3) is 0 Å². The maximum absolute atomic E-state index is 4.46. The van der Waals surface area contributed by atoms with Crippen LogP contribution in [0.1, 0.15) is 10.6 Å². The number of nitrogens with zero attached hydrogens (tertiary/aromatic N) is 1. The van der Waals surface area contributed by atoms with Crippen LogP contribution in [0.15, 0.2) is 0 Å². The van der Waals surface area contributed by atoms with Gasteiger partial charge in [-0.1, -0.05) is 0 Å². The quantitative estimate of drug-likeness (QED) is 0.726. The highest BCUT2D eigenvalue weighted by atomic mass is 32.2. The van der Waals surface area contributed by atoms with Crippen molar-refractivity contribution in [3.05, 3.63) is 10.6 Å². The van der Waals surface area contributed by atoms with Crippen molar-refractivity contribution < 1.29 is 0 Å². The first-order chi connectivity index (χ1) is 5.40. The van der Waals surface area contributed by atoms with Gasteiger partial charge in [-0.2, -0.15) is 11.8 Å². The second kappa shape index (κ2) is 3.03. The molecule has 2 rings (SSSR count). The lowest BCUT2D eigenvalue weighted by molar-refractivity contribution is 1.03. The molecule has 1 aromatic rings. The first kappa shape index (κ1) is 7.43. The van der Waals surface area contributed by atoms with Crippen LogP contribution in [0.5, 0.6) is 0 Å². The number of hydrogen-bond acceptors (Lipinski definition) is 4. The van der Waals surface area contributed by atoms with E-state index in [2.05, 4.69) is 10.3 Å². The summed E-state index contributed by atoms with van der Waals surface area (Å²) in [5.41, 5.74) is 1.32. The molecule has 0 amide bonds. The summed E-state index contributed by atoms with van der Waals surface area (Å²) >= 11 is 3.80. The van der Waals surface area contributed by atoms with Gasteiger partial charge in [0.1, 0.15) is 0 Å². The van der Waals surface area contributed by atoms with Crippen molar-refractivity contribution in [3.8, 4) is 0 Å². The molecule has 0 aliphatic carbocycles. The average molecular weight is 186 g/mol. The molecule has 4 heteroatoms. The first-order valence-corrected chi connectivity index (χ1v) is 5.61. The first-order valence-electron chi connectivity index (χ1n) is 3.64. The van der Waals surface area contributed by atoms with Crippen molar-refractivity contribution >= 4 is 28.2 Å². The van der Waals surface area contributed by atoms with Gasteiger partial charge in [-0.25, -0.2) is 4.98 Å². The van der Waals surface area contributed by atoms with E-state index in [1.807, 2.05) is 18.8 Å². The van der Waals surface area contributed by atoms with Gasteiger partial charge in [0.25, 0.3) is 0 Å². The summed E-state index contributed by atoms with van der Waals surface area (Å²) < 4.78 is 0. The monoisotopic (exact) mass is 186 g/mol. The molecular formula is C7H10N2S2. The number of thiazole rings is 1. The normalized spacial score (nSPS) is 16.1. The third-order valence-electron chi connectivity index (χ3n) is 1.71. The molecule has 0 fully saturated rings. The maximum Gasteiger partial charge on any atom is 0.182 e. The van der Waals surface area contributed by atoms with Crippen molar-refractivity contribution in [2.45, 2.75) is 12.2 Å². The van der Waals surface area contributed by atoms with E-state index in [1.165, 1.54) is 16.3 Å². The molecule has 1 aromatic heterocycles. The van der Waals surface area contributed by atoms with Gasteiger partial charge in [-0.15, -0.1) is 11.3 Å². The summed E-state index contributed by atoms with van der Waals surface area (Å²) in [7, 11) is 1.93. The Morgan fingerprint density at radius 1 is 1.55 bits per heavy atom. The number of nitrogens with one attached hydrogen (secondary N) is 1. The van der Waals surface area contributed by atoms with Crippen LogP contribution < -0.4 is 5.32 Å². The summed E-state index contributed by atoms with van der Waals surface area (Å²) in [5, 5.41) is 4.15. The maximum atomic E-state index is 4.46. The molecule has 1 aliphatic heterocycles. The molecule has 1 aliphatic rings. The lowest BCUT2D eigenvalue weighted by Gasteiger charge is -2.06. The molecule has 2 nitrogen and oxygen atoms in total. The third kappa shape index (κ3) is 1.37. The molecule has 0 radical (unpaired) electrons. The topological polar surface area (TPSA) is 24.9 Å². The fraction of sp³-hybridized carbons (Fsp3) is 0.571. The number of fused-ring (bicyclic) bond motifs is 1. The van der Waals surface area contributed by atoms with E-state index >= 15 is 0 Å². The molecule has 1 N–H and O–H groups in total. The van der Waals surface area contributed by atoms with Gasteiger partial charge in [0.15, 0.2) is 5.13 Å². The van der Waals surface area contributed by atoms with Gasteiger partial charge < -0.3 is 5.32 Å². The second-order valence-electron chi connectivity index (χ2n) is 2.44. The van der Waals surface area contributed by atoms with Crippen LogP contribution in [-0.4, -0.2) is 17.8 Å². The molecule has 0 saturated heterocycles. The van der Waals surface area contributed by atoms with E-state index in [0.717, 1.165) is 17.3 Å². The van der Waals surface area contributed by atoms with E-state index in [1.54, 1.807) is 11.3 Å². The number of aryl methyl sites for hydroxylation is 1. The predicted molar refractivity (Wildman–Crippen MR) is 51.5 cm³/mol. The van der Waals surface area contributed by atoms with Crippen LogP contribution in [-0.2, 0) is 12.2 Å². The van der Waals surface area contributed by atoms with Crippen LogP contribution in [0.4, 0.5) is 5.13 Å². The van der Waals surface area contributed by atoms with E-state index in [4.69, 9.17) is 0 Å². The Balaban J connectivity index is 2.32. The summed E-state index contributed by atoms with van der Waals surface area (Å²) in [5.74, 6) is 2.40. The molecule has 60 valence electrons. The summed E-state index contributed by atoms with van der Waals surface area (Å²) in [6, 6.07) is 0. The van der Waals surface area contributed by atoms with Gasteiger partial charge >= 0.3 is 0 Å². The smallest absolute Gasteiger partial charge is 0.182 e. The number of thioether (sulfide) groups is 1. The van der Waals surface area contributed by atoms with Crippen molar-refractivity contribution in [1.29, 1.82) is 0 Å². The number of anilines is 1. The lowest BCUT2D eigenvalue weighted by Crippen LogP contribution is -1.99. The van der Waals surface area contributed by atoms with Crippen molar-refractivity contribution in [2.24, 2.45) is 0 Å². The Hall–Kier alpha value is -0.220. The summed E-state index contributed by atoms with van der Waals surface area (Å²) in [6.07, 6.45) is 1.15. The van der Waals surface area contributed by atoms with Gasteiger partial charge in [0.05, 0.1) is 5.69 Å². The fourth-order valence-electron chi connectivity index (χ4n) is 1.13. The third-order valence-corrected chi connectivity index (χ3v) is 3.99. The molecule has 0 atom stereocenters. The highest BCUT2D eigenvalue weighted by Gasteiger charge is 2.14. The molecule has 2 heterocycles. The molecule has 0 bridgehead atoms. The van der Waals surface area contributed by atoms with E-state index in [-0.39, 0.29) is 0 Å². The van der Waals surface area contributed by atoms with Crippen molar-refractivity contribution in [1.82, 2.24) is 4.98 Å². The zero-order valence-electron chi connectivity index (χ0n) is 6.39. The van der Waals surface area contributed by atoms with Crippen LogP contribution in [0, 0.1) is 0 Å². The van der Waals surface area contributed by atoms with Crippen molar-refractivity contribution in [3.63, 3.8) is 0 Å². The Morgan fingerprint density at radius 3 is 3.18 bits per heavy atom. The van der Waals surface area contributed by atoms with Crippen LogP contribution >= 0.6 is 23.1 Å². The summed E-state index contributed by atoms with van der Waals surface area (Å²) in [6.45, 7) is 0. The highest BCUT2D eigenvalue weighted by Crippen LogP contribution is 2.31. The Kier molecular flexibility index (Phi) is 2.05. The number of rotatable bonds is 1. The standard InChI is InChI=1S/C7H10N2S2/c1-8-7-9-5-2-3-10-4-6(5)11-7/h2-4H2,1H3,(H,8,9). The van der Waals surface area contributed by atoms with Gasteiger partial charge in [-0.05, 0) is 12.2 Å². The SMILES string of the molecule is CNc1nc2c(s1)CSCC2. The number of aromatic nitrogens is 1. The zero-order chi connectivity index (χ0) is 7.68. The Labute approximate surface area is 74.4 Å². The predicted octanol–water partition coefficient (Wildman–Crippen LogP) is 1.97. The fourth-order valence-corrected chi connectivity index (χ4v) is 3.21. The van der Waals surface area contributed by atoms with Gasteiger partial charge in [0.2, 0.25) is 0 Å². The van der Waals surface area contributed by atoms with Crippen LogP contribution in [0.3, 0.4) is 0 Å². The highest BCUT2D eigenvalue weighted by molar-refractivity contribution is 7.98. The largest absolute Gasteiger partial charge is 0.365 e. The molecule has 0 unspecified atom stereocenters. The number of hydrogen-bond donors (Lipinski definition) is 1. The Bertz CT molecular complexity index is 233. The molecule has 11 heavy (non-hydrogen) atoms. The van der Waals surface area contributed by atoms with Crippen LogP contribution in [0.2, 0.25) is 0 Å². The second-order valence-corrected chi connectivity index (χ2v) is 4.63. The van der Waals surface area contributed by atoms with E-state index in [0.29, 0.717) is 0 Å². The molecular weight excluding hydrogens is 176 g/mol. The lowest BCUT2D eigenvalue weighted by atomic mass is 10.3. The molecule has 0 saturated carbocycles. The minimum atomic E-state index is 1.07. The summed E-state index contributed by atoms with van der Waals surface area (Å²) in [4.78, 5) is 5.93. The van der Waals surface area contributed by atoms with Crippen molar-refractivity contribution in [2.75, 3.05) is 18.1 Å². The van der Waals surface area contributed by atoms with E-state index < -0.39 is 0 Å². The molecule has 0 aromatic carbocycles. The Morgan fingerprint density at radius 2 is 2.45 bits per heavy atom. The van der Waals surface area contributed by atoms with Gasteiger partial charge in [-0.3, -0.25) is 0 Å². The average Bonchev–Trinajstić information content (AvgIpc) is 2.46. The molecule has 0 spiro atoms. The van der Waals surface area contributed by atoms with E-state index in [9.17, 15) is 0 Å². The minimum Gasteiger partial charge on any atom is -0.365 e. The minimum absolute atomic E-state index is 1.07. The van der Waals surface area contributed by atoms with Gasteiger partial charge in [0, 0.05) is 17.7 Å². The zero-order valence-corrected chi connectivity index (χ0v) is 8.02.